The average molecular weight is 304 g/mol. The molecule has 0 aromatic carbocycles. The molecule has 1 aliphatic rings. The van der Waals surface area contributed by atoms with E-state index < -0.39 is 0 Å². The number of piperazine rings is 1. The number of rotatable bonds is 4. The van der Waals surface area contributed by atoms with Crippen LogP contribution in [0.3, 0.4) is 0 Å². The van der Waals surface area contributed by atoms with Gasteiger partial charge < -0.3 is 5.32 Å². The van der Waals surface area contributed by atoms with Crippen molar-refractivity contribution >= 4 is 27.3 Å². The van der Waals surface area contributed by atoms with Gasteiger partial charge in [-0.15, -0.1) is 11.3 Å². The molecule has 1 saturated heterocycles. The molecule has 1 aliphatic heterocycles. The Bertz CT molecular complexity index is 323. The van der Waals surface area contributed by atoms with Crippen molar-refractivity contribution in [3.05, 3.63) is 20.8 Å². The van der Waals surface area contributed by atoms with Crippen LogP contribution in [0, 0.1) is 0 Å². The minimum atomic E-state index is 1.04. The molecule has 0 bridgehead atoms. The second-order valence-corrected chi connectivity index (χ2v) is 6.17. The summed E-state index contributed by atoms with van der Waals surface area (Å²) in [4.78, 5) is 6.30. The van der Waals surface area contributed by atoms with E-state index in [4.69, 9.17) is 0 Å². The van der Waals surface area contributed by atoms with Gasteiger partial charge in [-0.3, -0.25) is 9.80 Å². The van der Waals surface area contributed by atoms with E-state index >= 15 is 0 Å². The zero-order chi connectivity index (χ0) is 11.4. The third-order valence-corrected chi connectivity index (χ3v) is 4.38. The van der Waals surface area contributed by atoms with Crippen LogP contribution in [0.2, 0.25) is 0 Å². The Morgan fingerprint density at radius 3 is 2.88 bits per heavy atom. The van der Waals surface area contributed by atoms with Crippen molar-refractivity contribution in [2.45, 2.75) is 6.54 Å². The quantitative estimate of drug-likeness (QED) is 0.915. The standard InChI is InChI=1S/C11H18BrN3S/c1-14(7-11-6-10(12)8-16-11)9-15-4-2-13-3-5-15/h6,8,13H,2-5,7,9H2,1H3. The monoisotopic (exact) mass is 303 g/mol. The van der Waals surface area contributed by atoms with E-state index in [1.54, 1.807) is 0 Å². The number of hydrogen-bond acceptors (Lipinski definition) is 4. The molecule has 0 amide bonds. The molecule has 0 unspecified atom stereocenters. The molecule has 0 saturated carbocycles. The average Bonchev–Trinajstić information content (AvgIpc) is 2.65. The summed E-state index contributed by atoms with van der Waals surface area (Å²) in [6.45, 7) is 6.69. The zero-order valence-electron chi connectivity index (χ0n) is 9.58. The van der Waals surface area contributed by atoms with Crippen LogP contribution in [0.5, 0.6) is 0 Å². The summed E-state index contributed by atoms with van der Waals surface area (Å²) in [6, 6.07) is 2.21. The van der Waals surface area contributed by atoms with E-state index in [0.29, 0.717) is 0 Å². The number of thiophene rings is 1. The Morgan fingerprint density at radius 2 is 2.25 bits per heavy atom. The van der Waals surface area contributed by atoms with Crippen LogP contribution < -0.4 is 5.32 Å². The first kappa shape index (κ1) is 12.5. The van der Waals surface area contributed by atoms with E-state index in [1.807, 2.05) is 11.3 Å². The third kappa shape index (κ3) is 3.82. The molecule has 3 nitrogen and oxygen atoms in total. The summed E-state index contributed by atoms with van der Waals surface area (Å²) in [7, 11) is 2.19. The van der Waals surface area contributed by atoms with Crippen molar-refractivity contribution in [3.63, 3.8) is 0 Å². The lowest BCUT2D eigenvalue weighted by molar-refractivity contribution is 0.136. The van der Waals surface area contributed by atoms with E-state index in [2.05, 4.69) is 49.5 Å². The fourth-order valence-electron chi connectivity index (χ4n) is 1.95. The molecule has 2 heterocycles. The van der Waals surface area contributed by atoms with Crippen molar-refractivity contribution in [1.82, 2.24) is 15.1 Å². The van der Waals surface area contributed by atoms with Gasteiger partial charge in [0.05, 0.1) is 6.67 Å². The molecule has 0 spiro atoms. The maximum absolute atomic E-state index is 3.49. The zero-order valence-corrected chi connectivity index (χ0v) is 12.0. The Balaban J connectivity index is 1.77. The van der Waals surface area contributed by atoms with Crippen molar-refractivity contribution in [3.8, 4) is 0 Å². The van der Waals surface area contributed by atoms with Gasteiger partial charge in [-0.25, -0.2) is 0 Å². The molecular weight excluding hydrogens is 286 g/mol. The van der Waals surface area contributed by atoms with Crippen LogP contribution in [-0.2, 0) is 6.54 Å². The molecule has 0 radical (unpaired) electrons. The lowest BCUT2D eigenvalue weighted by atomic mass is 10.4. The normalized spacial score (nSPS) is 18.2. The number of nitrogens with one attached hydrogen (secondary N) is 1. The van der Waals surface area contributed by atoms with Gasteiger partial charge in [-0.05, 0) is 29.0 Å². The van der Waals surface area contributed by atoms with Crippen LogP contribution in [0.25, 0.3) is 0 Å². The number of halogens is 1. The molecule has 16 heavy (non-hydrogen) atoms. The molecule has 2 rings (SSSR count). The van der Waals surface area contributed by atoms with Crippen LogP contribution in [0.15, 0.2) is 15.9 Å². The molecule has 0 atom stereocenters. The molecule has 1 N–H and O–H groups in total. The van der Waals surface area contributed by atoms with Gasteiger partial charge in [-0.1, -0.05) is 0 Å². The van der Waals surface area contributed by atoms with Gasteiger partial charge in [0.2, 0.25) is 0 Å². The summed E-state index contributed by atoms with van der Waals surface area (Å²) in [5.41, 5.74) is 0. The Labute approximate surface area is 110 Å². The summed E-state index contributed by atoms with van der Waals surface area (Å²) >= 11 is 5.31. The van der Waals surface area contributed by atoms with Gasteiger partial charge in [-0.2, -0.15) is 0 Å². The molecule has 1 aromatic heterocycles. The lowest BCUT2D eigenvalue weighted by Gasteiger charge is -2.31. The highest BCUT2D eigenvalue weighted by Crippen LogP contribution is 2.20. The largest absolute Gasteiger partial charge is 0.314 e. The first-order valence-electron chi connectivity index (χ1n) is 5.58. The first-order valence-corrected chi connectivity index (χ1v) is 7.26. The van der Waals surface area contributed by atoms with E-state index in [1.165, 1.54) is 22.4 Å². The second-order valence-electron chi connectivity index (χ2n) is 4.25. The van der Waals surface area contributed by atoms with Gasteiger partial charge in [0.15, 0.2) is 0 Å². The SMILES string of the molecule is CN(Cc1cc(Br)cs1)CN1CCNCC1. The number of nitrogens with zero attached hydrogens (tertiary/aromatic N) is 2. The highest BCUT2D eigenvalue weighted by molar-refractivity contribution is 9.10. The highest BCUT2D eigenvalue weighted by Gasteiger charge is 2.11. The fraction of sp³-hybridized carbons (Fsp3) is 0.636. The van der Waals surface area contributed by atoms with Gasteiger partial charge in [0, 0.05) is 47.5 Å². The summed E-state index contributed by atoms with van der Waals surface area (Å²) in [6.07, 6.45) is 0. The van der Waals surface area contributed by atoms with E-state index in [9.17, 15) is 0 Å². The smallest absolute Gasteiger partial charge is 0.0508 e. The second kappa shape index (κ2) is 6.12. The Hall–Kier alpha value is 0.0600. The Kier molecular flexibility index (Phi) is 4.79. The summed E-state index contributed by atoms with van der Waals surface area (Å²) in [5, 5.41) is 5.52. The van der Waals surface area contributed by atoms with Crippen LogP contribution in [0.4, 0.5) is 0 Å². The van der Waals surface area contributed by atoms with E-state index in [0.717, 1.165) is 26.3 Å². The molecule has 0 aliphatic carbocycles. The van der Waals surface area contributed by atoms with Crippen LogP contribution in [0.1, 0.15) is 4.88 Å². The van der Waals surface area contributed by atoms with Gasteiger partial charge in [0.25, 0.3) is 0 Å². The molecule has 5 heteroatoms. The van der Waals surface area contributed by atoms with Crippen molar-refractivity contribution < 1.29 is 0 Å². The minimum absolute atomic E-state index is 1.04. The minimum Gasteiger partial charge on any atom is -0.314 e. The third-order valence-electron chi connectivity index (χ3n) is 2.70. The van der Waals surface area contributed by atoms with Gasteiger partial charge in [0.1, 0.15) is 0 Å². The van der Waals surface area contributed by atoms with Gasteiger partial charge >= 0.3 is 0 Å². The number of hydrogen-bond donors (Lipinski definition) is 1. The maximum atomic E-state index is 3.49. The Morgan fingerprint density at radius 1 is 1.50 bits per heavy atom. The first-order chi connectivity index (χ1) is 7.74. The summed E-state index contributed by atoms with van der Waals surface area (Å²) < 4.78 is 1.20. The predicted octanol–water partition coefficient (Wildman–Crippen LogP) is 1.81. The van der Waals surface area contributed by atoms with E-state index in [-0.39, 0.29) is 0 Å². The van der Waals surface area contributed by atoms with Crippen molar-refractivity contribution in [1.29, 1.82) is 0 Å². The predicted molar refractivity (Wildman–Crippen MR) is 72.8 cm³/mol. The van der Waals surface area contributed by atoms with Crippen molar-refractivity contribution in [2.24, 2.45) is 0 Å². The highest BCUT2D eigenvalue weighted by atomic mass is 79.9. The molecular formula is C11H18BrN3S. The molecule has 1 aromatic rings. The molecule has 90 valence electrons. The molecule has 1 fully saturated rings. The topological polar surface area (TPSA) is 18.5 Å². The van der Waals surface area contributed by atoms with Crippen molar-refractivity contribution in [2.75, 3.05) is 39.9 Å². The van der Waals surface area contributed by atoms with Crippen LogP contribution in [-0.4, -0.2) is 49.7 Å². The fourth-order valence-corrected chi connectivity index (χ4v) is 3.48. The lowest BCUT2D eigenvalue weighted by Crippen LogP contribution is -2.47. The maximum Gasteiger partial charge on any atom is 0.0508 e. The summed E-state index contributed by atoms with van der Waals surface area (Å²) in [5.74, 6) is 0. The van der Waals surface area contributed by atoms with Crippen LogP contribution >= 0.6 is 27.3 Å².